The zero-order chi connectivity index (χ0) is 18.4. The number of guanidine groups is 1. The fourth-order valence-electron chi connectivity index (χ4n) is 3.45. The third-order valence-electron chi connectivity index (χ3n) is 5.07. The van der Waals surface area contributed by atoms with E-state index in [1.807, 2.05) is 13.0 Å². The van der Waals surface area contributed by atoms with Crippen LogP contribution in [0.2, 0.25) is 0 Å². The second kappa shape index (κ2) is 11.0. The molecule has 152 valence electrons. The Kier molecular flexibility index (Phi) is 9.08. The van der Waals surface area contributed by atoms with Crippen LogP contribution in [0.15, 0.2) is 23.2 Å². The number of aryl methyl sites for hydroxylation is 1. The first kappa shape index (κ1) is 22.2. The fourth-order valence-corrected chi connectivity index (χ4v) is 3.45. The molecule has 0 spiro atoms. The van der Waals surface area contributed by atoms with Crippen molar-refractivity contribution in [1.29, 1.82) is 0 Å². The molecule has 1 saturated heterocycles. The monoisotopic (exact) mass is 490 g/mol. The van der Waals surface area contributed by atoms with Gasteiger partial charge in [0.05, 0.1) is 6.61 Å². The summed E-state index contributed by atoms with van der Waals surface area (Å²) in [6, 6.07) is 5.36. The van der Waals surface area contributed by atoms with Gasteiger partial charge in [0.25, 0.3) is 0 Å². The van der Waals surface area contributed by atoms with Gasteiger partial charge in [-0.2, -0.15) is 0 Å². The maximum Gasteiger partial charge on any atom is 0.191 e. The van der Waals surface area contributed by atoms with Crippen molar-refractivity contribution in [2.75, 3.05) is 44.8 Å². The van der Waals surface area contributed by atoms with Crippen molar-refractivity contribution in [3.63, 3.8) is 0 Å². The van der Waals surface area contributed by atoms with Gasteiger partial charge in [-0.25, -0.2) is 4.39 Å². The summed E-state index contributed by atoms with van der Waals surface area (Å²) < 4.78 is 19.0. The van der Waals surface area contributed by atoms with Gasteiger partial charge in [-0.3, -0.25) is 4.99 Å². The summed E-state index contributed by atoms with van der Waals surface area (Å²) in [4.78, 5) is 6.66. The smallest absolute Gasteiger partial charge is 0.191 e. The minimum atomic E-state index is -0.175. The van der Waals surface area contributed by atoms with E-state index >= 15 is 0 Å². The molecule has 2 fully saturated rings. The quantitative estimate of drug-likeness (QED) is 0.267. The summed E-state index contributed by atoms with van der Waals surface area (Å²) in [7, 11) is 1.80. The lowest BCUT2D eigenvalue weighted by atomic mass is 10.0. The number of halogens is 2. The molecule has 27 heavy (non-hydrogen) atoms. The molecule has 7 heteroatoms. The van der Waals surface area contributed by atoms with Crippen LogP contribution in [0.1, 0.15) is 31.2 Å². The number of benzene rings is 1. The molecule has 2 aliphatic rings. The highest BCUT2D eigenvalue weighted by atomic mass is 127. The van der Waals surface area contributed by atoms with Crippen molar-refractivity contribution < 1.29 is 9.13 Å². The van der Waals surface area contributed by atoms with Crippen molar-refractivity contribution in [3.8, 4) is 0 Å². The minimum absolute atomic E-state index is 0. The van der Waals surface area contributed by atoms with E-state index in [1.54, 1.807) is 19.2 Å². The largest absolute Gasteiger partial charge is 0.379 e. The number of piperidine rings is 1. The molecule has 0 radical (unpaired) electrons. The molecule has 1 aliphatic carbocycles. The predicted molar refractivity (Wildman–Crippen MR) is 120 cm³/mol. The zero-order valence-corrected chi connectivity index (χ0v) is 18.7. The van der Waals surface area contributed by atoms with E-state index in [1.165, 1.54) is 12.8 Å². The topological polar surface area (TPSA) is 48.9 Å². The number of hydrogen-bond acceptors (Lipinski definition) is 3. The van der Waals surface area contributed by atoms with Gasteiger partial charge < -0.3 is 20.3 Å². The fraction of sp³-hybridized carbons (Fsp3) is 0.650. The molecule has 0 aromatic heterocycles. The molecule has 1 unspecified atom stereocenters. The molecule has 1 atom stereocenters. The predicted octanol–water partition coefficient (Wildman–Crippen LogP) is 3.31. The Morgan fingerprint density at radius 2 is 2.15 bits per heavy atom. The number of ether oxygens (including phenoxy) is 1. The van der Waals surface area contributed by atoms with Crippen LogP contribution < -0.4 is 15.5 Å². The number of aliphatic imine (C=N–C) groups is 1. The Hall–Kier alpha value is -1.09. The van der Waals surface area contributed by atoms with Gasteiger partial charge in [-0.1, -0.05) is 0 Å². The lowest BCUT2D eigenvalue weighted by molar-refractivity contribution is 0.129. The van der Waals surface area contributed by atoms with Crippen LogP contribution in [0.25, 0.3) is 0 Å². The maximum absolute atomic E-state index is 13.4. The van der Waals surface area contributed by atoms with E-state index in [0.717, 1.165) is 62.2 Å². The van der Waals surface area contributed by atoms with Crippen LogP contribution in [0.3, 0.4) is 0 Å². The highest BCUT2D eigenvalue weighted by Crippen LogP contribution is 2.28. The van der Waals surface area contributed by atoms with Crippen LogP contribution in [0, 0.1) is 18.7 Å². The first-order valence-electron chi connectivity index (χ1n) is 9.71. The molecule has 1 aromatic carbocycles. The van der Waals surface area contributed by atoms with Crippen LogP contribution in [-0.4, -0.2) is 51.9 Å². The molecular weight excluding hydrogens is 458 g/mol. The van der Waals surface area contributed by atoms with E-state index in [-0.39, 0.29) is 29.8 Å². The standard InChI is InChI=1S/C20H31FN4O.HI/c1-15-12-17(21)7-8-19(15)25-10-3-4-18(13-25)24-20(22-2)23-9-11-26-14-16-5-6-16;/h7-8,12,16,18H,3-6,9-11,13-14H2,1-2H3,(H2,22,23,24);1H. The number of rotatable bonds is 7. The molecule has 0 bridgehead atoms. The number of anilines is 1. The summed E-state index contributed by atoms with van der Waals surface area (Å²) in [5.74, 6) is 1.45. The van der Waals surface area contributed by atoms with E-state index in [4.69, 9.17) is 4.74 Å². The summed E-state index contributed by atoms with van der Waals surface area (Å²) in [6.45, 7) is 6.24. The highest BCUT2D eigenvalue weighted by Gasteiger charge is 2.22. The van der Waals surface area contributed by atoms with Crippen molar-refractivity contribution in [2.24, 2.45) is 10.9 Å². The van der Waals surface area contributed by atoms with Crippen LogP contribution in [0.4, 0.5) is 10.1 Å². The van der Waals surface area contributed by atoms with Crippen molar-refractivity contribution in [1.82, 2.24) is 10.6 Å². The molecule has 3 rings (SSSR count). The lowest BCUT2D eigenvalue weighted by Crippen LogP contribution is -2.51. The van der Waals surface area contributed by atoms with E-state index < -0.39 is 0 Å². The highest BCUT2D eigenvalue weighted by molar-refractivity contribution is 14.0. The zero-order valence-electron chi connectivity index (χ0n) is 16.3. The van der Waals surface area contributed by atoms with Crippen LogP contribution >= 0.6 is 24.0 Å². The molecule has 1 aromatic rings. The number of nitrogens with zero attached hydrogens (tertiary/aromatic N) is 2. The number of hydrogen-bond donors (Lipinski definition) is 2. The Bertz CT molecular complexity index is 624. The van der Waals surface area contributed by atoms with E-state index in [9.17, 15) is 4.39 Å². The minimum Gasteiger partial charge on any atom is -0.379 e. The summed E-state index contributed by atoms with van der Waals surface area (Å²) in [6.07, 6.45) is 4.86. The lowest BCUT2D eigenvalue weighted by Gasteiger charge is -2.36. The second-order valence-electron chi connectivity index (χ2n) is 7.38. The van der Waals surface area contributed by atoms with Gasteiger partial charge in [0.2, 0.25) is 0 Å². The van der Waals surface area contributed by atoms with Gasteiger partial charge in [0.1, 0.15) is 5.82 Å². The number of nitrogens with one attached hydrogen (secondary N) is 2. The van der Waals surface area contributed by atoms with Gasteiger partial charge in [0, 0.05) is 45.0 Å². The third kappa shape index (κ3) is 7.10. The average Bonchev–Trinajstić information content (AvgIpc) is 3.45. The third-order valence-corrected chi connectivity index (χ3v) is 5.07. The average molecular weight is 490 g/mol. The summed E-state index contributed by atoms with van der Waals surface area (Å²) in [5.41, 5.74) is 2.11. The first-order chi connectivity index (χ1) is 12.7. The Morgan fingerprint density at radius 1 is 1.33 bits per heavy atom. The van der Waals surface area contributed by atoms with Gasteiger partial charge >= 0.3 is 0 Å². The van der Waals surface area contributed by atoms with Crippen LogP contribution in [0.5, 0.6) is 0 Å². The molecule has 2 N–H and O–H groups in total. The normalized spacial score (nSPS) is 20.2. The molecule has 0 amide bonds. The maximum atomic E-state index is 13.4. The van der Waals surface area contributed by atoms with E-state index in [2.05, 4.69) is 20.5 Å². The van der Waals surface area contributed by atoms with Crippen molar-refractivity contribution >= 4 is 35.6 Å². The van der Waals surface area contributed by atoms with Gasteiger partial charge in [0.15, 0.2) is 5.96 Å². The molecular formula is C20H32FIN4O. The molecule has 5 nitrogen and oxygen atoms in total. The SMILES string of the molecule is CN=C(NCCOCC1CC1)NC1CCCN(c2ccc(F)cc2C)C1.I. The van der Waals surface area contributed by atoms with E-state index in [0.29, 0.717) is 12.6 Å². The summed E-state index contributed by atoms with van der Waals surface area (Å²) >= 11 is 0. The Morgan fingerprint density at radius 3 is 2.85 bits per heavy atom. The Labute approximate surface area is 179 Å². The molecule has 1 aliphatic heterocycles. The van der Waals surface area contributed by atoms with Crippen LogP contribution in [-0.2, 0) is 4.74 Å². The molecule has 1 saturated carbocycles. The first-order valence-corrected chi connectivity index (χ1v) is 9.71. The summed E-state index contributed by atoms with van der Waals surface area (Å²) in [5, 5.41) is 6.85. The Balaban J connectivity index is 0.00000261. The second-order valence-corrected chi connectivity index (χ2v) is 7.38. The molecule has 1 heterocycles. The van der Waals surface area contributed by atoms with Gasteiger partial charge in [-0.15, -0.1) is 24.0 Å². The van der Waals surface area contributed by atoms with Gasteiger partial charge in [-0.05, 0) is 62.3 Å². The van der Waals surface area contributed by atoms with Crippen molar-refractivity contribution in [3.05, 3.63) is 29.6 Å². The van der Waals surface area contributed by atoms with Crippen molar-refractivity contribution in [2.45, 2.75) is 38.6 Å².